The lowest BCUT2D eigenvalue weighted by Gasteiger charge is -2.13. The van der Waals surface area contributed by atoms with Gasteiger partial charge in [-0.05, 0) is 74.7 Å². The van der Waals surface area contributed by atoms with Crippen molar-refractivity contribution < 1.29 is 19.1 Å². The summed E-state index contributed by atoms with van der Waals surface area (Å²) in [5, 5.41) is 12.5. The Morgan fingerprint density at radius 2 is 1.65 bits per heavy atom. The molecule has 0 spiro atoms. The molecule has 0 bridgehead atoms. The van der Waals surface area contributed by atoms with Crippen LogP contribution in [0.4, 0.5) is 5.69 Å². The molecule has 0 saturated heterocycles. The van der Waals surface area contributed by atoms with E-state index >= 15 is 0 Å². The summed E-state index contributed by atoms with van der Waals surface area (Å²) in [5.41, 5.74) is 4.55. The number of nitriles is 1. The standard InChI is InChI=1S/C28H26N2O4/c1-5-33-25-16-21(11-12-24(25)34-28(32)22-9-7-6-8-10-22)15-23(17-29)27(31)30-26-19(3)13-18(2)14-20(26)4/h6-16H,5H2,1-4H3,(H,30,31)/b23-15+. The topological polar surface area (TPSA) is 88.4 Å². The van der Waals surface area contributed by atoms with Crippen LogP contribution in [-0.2, 0) is 4.79 Å². The minimum atomic E-state index is -0.509. The number of nitrogens with zero attached hydrogens (tertiary/aromatic N) is 1. The summed E-state index contributed by atoms with van der Waals surface area (Å²) in [6, 6.07) is 19.4. The van der Waals surface area contributed by atoms with Gasteiger partial charge in [0.1, 0.15) is 11.6 Å². The molecular formula is C28H26N2O4. The van der Waals surface area contributed by atoms with E-state index in [-0.39, 0.29) is 11.3 Å². The average Bonchev–Trinajstić information content (AvgIpc) is 2.81. The number of hydrogen-bond acceptors (Lipinski definition) is 5. The Morgan fingerprint density at radius 3 is 2.26 bits per heavy atom. The first-order valence-corrected chi connectivity index (χ1v) is 10.9. The van der Waals surface area contributed by atoms with Crippen molar-refractivity contribution in [2.45, 2.75) is 27.7 Å². The lowest BCUT2D eigenvalue weighted by molar-refractivity contribution is -0.112. The molecule has 3 aromatic carbocycles. The third-order valence-electron chi connectivity index (χ3n) is 5.07. The maximum absolute atomic E-state index is 12.8. The summed E-state index contributed by atoms with van der Waals surface area (Å²) in [6.45, 7) is 7.97. The van der Waals surface area contributed by atoms with Crippen LogP contribution in [0.1, 0.15) is 39.5 Å². The molecule has 0 aliphatic rings. The van der Waals surface area contributed by atoms with Crippen molar-refractivity contribution in [3.63, 3.8) is 0 Å². The fraction of sp³-hybridized carbons (Fsp3) is 0.179. The van der Waals surface area contributed by atoms with Crippen LogP contribution in [0.3, 0.4) is 0 Å². The average molecular weight is 455 g/mol. The van der Waals surface area contributed by atoms with E-state index in [2.05, 4.69) is 5.32 Å². The molecule has 0 saturated carbocycles. The van der Waals surface area contributed by atoms with Crippen molar-refractivity contribution in [1.29, 1.82) is 5.26 Å². The number of rotatable bonds is 7. The van der Waals surface area contributed by atoms with Gasteiger partial charge in [0.05, 0.1) is 12.2 Å². The maximum atomic E-state index is 12.8. The van der Waals surface area contributed by atoms with E-state index in [1.165, 1.54) is 6.08 Å². The van der Waals surface area contributed by atoms with Crippen molar-refractivity contribution in [2.24, 2.45) is 0 Å². The smallest absolute Gasteiger partial charge is 0.343 e. The Balaban J connectivity index is 1.85. The number of carbonyl (C=O) groups is 2. The predicted molar refractivity (Wildman–Crippen MR) is 132 cm³/mol. The molecule has 0 heterocycles. The zero-order chi connectivity index (χ0) is 24.7. The first-order valence-electron chi connectivity index (χ1n) is 10.9. The number of hydrogen-bond donors (Lipinski definition) is 1. The van der Waals surface area contributed by atoms with E-state index < -0.39 is 11.9 Å². The number of benzene rings is 3. The van der Waals surface area contributed by atoms with Gasteiger partial charge in [0.2, 0.25) is 0 Å². The minimum Gasteiger partial charge on any atom is -0.490 e. The molecule has 3 aromatic rings. The number of anilines is 1. The summed E-state index contributed by atoms with van der Waals surface area (Å²) in [6.07, 6.45) is 1.47. The second kappa shape index (κ2) is 11.0. The number of aryl methyl sites for hydroxylation is 3. The number of carbonyl (C=O) groups excluding carboxylic acids is 2. The van der Waals surface area contributed by atoms with E-state index in [9.17, 15) is 14.9 Å². The van der Waals surface area contributed by atoms with E-state index in [1.54, 1.807) is 42.5 Å². The van der Waals surface area contributed by atoms with E-state index in [4.69, 9.17) is 9.47 Å². The Kier molecular flexibility index (Phi) is 7.83. The van der Waals surface area contributed by atoms with Gasteiger partial charge in [0.15, 0.2) is 11.5 Å². The molecule has 0 unspecified atom stereocenters. The van der Waals surface area contributed by atoms with Gasteiger partial charge in [0, 0.05) is 5.69 Å². The molecule has 6 nitrogen and oxygen atoms in total. The number of esters is 1. The van der Waals surface area contributed by atoms with Gasteiger partial charge in [-0.3, -0.25) is 4.79 Å². The first-order chi connectivity index (χ1) is 16.3. The van der Waals surface area contributed by atoms with Gasteiger partial charge in [-0.25, -0.2) is 4.79 Å². The van der Waals surface area contributed by atoms with Crippen molar-refractivity contribution >= 4 is 23.6 Å². The minimum absolute atomic E-state index is 0.0594. The van der Waals surface area contributed by atoms with Crippen LogP contribution in [0.5, 0.6) is 11.5 Å². The summed E-state index contributed by atoms with van der Waals surface area (Å²) in [5.74, 6) is -0.425. The van der Waals surface area contributed by atoms with Crippen LogP contribution >= 0.6 is 0 Å². The molecule has 0 atom stereocenters. The molecule has 0 aliphatic heterocycles. The van der Waals surface area contributed by atoms with Crippen LogP contribution in [-0.4, -0.2) is 18.5 Å². The summed E-state index contributed by atoms with van der Waals surface area (Å²) < 4.78 is 11.1. The van der Waals surface area contributed by atoms with Crippen LogP contribution in [0.25, 0.3) is 6.08 Å². The van der Waals surface area contributed by atoms with Crippen LogP contribution in [0.15, 0.2) is 66.2 Å². The fourth-order valence-corrected chi connectivity index (χ4v) is 3.57. The van der Waals surface area contributed by atoms with E-state index in [1.807, 2.05) is 52.0 Å². The first kappa shape index (κ1) is 24.3. The van der Waals surface area contributed by atoms with Gasteiger partial charge < -0.3 is 14.8 Å². The molecule has 0 radical (unpaired) electrons. The largest absolute Gasteiger partial charge is 0.490 e. The highest BCUT2D eigenvalue weighted by molar-refractivity contribution is 6.10. The lowest BCUT2D eigenvalue weighted by Crippen LogP contribution is -2.15. The highest BCUT2D eigenvalue weighted by atomic mass is 16.6. The zero-order valence-corrected chi connectivity index (χ0v) is 19.6. The number of ether oxygens (including phenoxy) is 2. The number of amides is 1. The fourth-order valence-electron chi connectivity index (χ4n) is 3.57. The molecule has 1 amide bonds. The lowest BCUT2D eigenvalue weighted by atomic mass is 10.0. The normalized spacial score (nSPS) is 10.9. The van der Waals surface area contributed by atoms with Crippen molar-refractivity contribution in [1.82, 2.24) is 0 Å². The molecule has 0 fully saturated rings. The predicted octanol–water partition coefficient (Wildman–Crippen LogP) is 5.78. The third kappa shape index (κ3) is 5.90. The number of nitrogens with one attached hydrogen (secondary N) is 1. The molecule has 0 aliphatic carbocycles. The maximum Gasteiger partial charge on any atom is 0.343 e. The molecule has 6 heteroatoms. The van der Waals surface area contributed by atoms with E-state index in [0.717, 1.165) is 16.7 Å². The Hall–Kier alpha value is -4.37. The van der Waals surface area contributed by atoms with Crippen molar-refractivity contribution in [3.8, 4) is 17.6 Å². The van der Waals surface area contributed by atoms with Gasteiger partial charge in [-0.15, -0.1) is 0 Å². The Labute approximate surface area is 199 Å². The molecule has 172 valence electrons. The van der Waals surface area contributed by atoms with Crippen molar-refractivity contribution in [2.75, 3.05) is 11.9 Å². The van der Waals surface area contributed by atoms with Crippen molar-refractivity contribution in [3.05, 3.63) is 94.1 Å². The SMILES string of the molecule is CCOc1cc(/C=C(\C#N)C(=O)Nc2c(C)cc(C)cc2C)ccc1OC(=O)c1ccccc1. The van der Waals surface area contributed by atoms with Gasteiger partial charge in [0.25, 0.3) is 5.91 Å². The Bertz CT molecular complexity index is 1260. The van der Waals surface area contributed by atoms with E-state index in [0.29, 0.717) is 29.2 Å². The van der Waals surface area contributed by atoms with Crippen LogP contribution in [0, 0.1) is 32.1 Å². The molecule has 1 N–H and O–H groups in total. The summed E-state index contributed by atoms with van der Waals surface area (Å²) in [4.78, 5) is 25.2. The highest BCUT2D eigenvalue weighted by Gasteiger charge is 2.16. The summed E-state index contributed by atoms with van der Waals surface area (Å²) in [7, 11) is 0. The monoisotopic (exact) mass is 454 g/mol. The second-order valence-corrected chi connectivity index (χ2v) is 7.79. The molecule has 34 heavy (non-hydrogen) atoms. The summed E-state index contributed by atoms with van der Waals surface area (Å²) >= 11 is 0. The Morgan fingerprint density at radius 1 is 0.971 bits per heavy atom. The van der Waals surface area contributed by atoms with Crippen LogP contribution < -0.4 is 14.8 Å². The molecule has 0 aromatic heterocycles. The van der Waals surface area contributed by atoms with Gasteiger partial charge in [-0.1, -0.05) is 42.0 Å². The third-order valence-corrected chi connectivity index (χ3v) is 5.07. The van der Waals surface area contributed by atoms with Gasteiger partial charge >= 0.3 is 5.97 Å². The molecule has 3 rings (SSSR count). The molecular weight excluding hydrogens is 428 g/mol. The quantitative estimate of drug-likeness (QED) is 0.212. The van der Waals surface area contributed by atoms with Crippen LogP contribution in [0.2, 0.25) is 0 Å². The zero-order valence-electron chi connectivity index (χ0n) is 19.6. The highest BCUT2D eigenvalue weighted by Crippen LogP contribution is 2.30. The second-order valence-electron chi connectivity index (χ2n) is 7.79. The van der Waals surface area contributed by atoms with Gasteiger partial charge in [-0.2, -0.15) is 5.26 Å².